The lowest BCUT2D eigenvalue weighted by atomic mass is 10.0. The van der Waals surface area contributed by atoms with Crippen LogP contribution in [0.3, 0.4) is 0 Å². The Morgan fingerprint density at radius 2 is 2.22 bits per heavy atom. The Bertz CT molecular complexity index is 523. The number of fused-ring (bicyclic) bond motifs is 1. The van der Waals surface area contributed by atoms with Crippen molar-refractivity contribution in [2.45, 2.75) is 31.9 Å². The van der Waals surface area contributed by atoms with Crippen LogP contribution in [0.5, 0.6) is 0 Å². The molecule has 18 heavy (non-hydrogen) atoms. The molecule has 0 spiro atoms. The molecule has 0 aliphatic carbocycles. The van der Waals surface area contributed by atoms with Crippen molar-refractivity contribution in [3.63, 3.8) is 0 Å². The van der Waals surface area contributed by atoms with Crippen LogP contribution in [-0.2, 0) is 4.74 Å². The van der Waals surface area contributed by atoms with Gasteiger partial charge in [0, 0.05) is 12.5 Å². The van der Waals surface area contributed by atoms with Gasteiger partial charge < -0.3 is 14.9 Å². The first-order valence-electron chi connectivity index (χ1n) is 6.13. The summed E-state index contributed by atoms with van der Waals surface area (Å²) in [5.41, 5.74) is 6.37. The predicted octanol–water partition coefficient (Wildman–Crippen LogP) is 3.39. The molecule has 98 valence electrons. The van der Waals surface area contributed by atoms with E-state index in [1.807, 2.05) is 0 Å². The summed E-state index contributed by atoms with van der Waals surface area (Å²) in [7, 11) is 1.63. The summed E-state index contributed by atoms with van der Waals surface area (Å²) >= 11 is 0. The predicted molar refractivity (Wildman–Crippen MR) is 68.8 cm³/mol. The zero-order valence-electron chi connectivity index (χ0n) is 10.7. The fourth-order valence-corrected chi connectivity index (χ4v) is 2.12. The van der Waals surface area contributed by atoms with E-state index in [-0.39, 0.29) is 23.5 Å². The molecule has 1 aromatic heterocycles. The topological polar surface area (TPSA) is 48.4 Å². The average molecular weight is 251 g/mol. The first-order chi connectivity index (χ1) is 8.67. The van der Waals surface area contributed by atoms with Gasteiger partial charge in [0.2, 0.25) is 0 Å². The summed E-state index contributed by atoms with van der Waals surface area (Å²) in [6, 6.07) is 6.25. The minimum absolute atomic E-state index is 0.112. The average Bonchev–Trinajstić information content (AvgIpc) is 2.80. The van der Waals surface area contributed by atoms with Crippen molar-refractivity contribution in [2.75, 3.05) is 7.11 Å². The van der Waals surface area contributed by atoms with E-state index in [9.17, 15) is 4.39 Å². The van der Waals surface area contributed by atoms with Gasteiger partial charge in [-0.15, -0.1) is 0 Å². The standard InChI is InChI=1S/C14H18FNO2/c1-3-5-11(17-2)13(16)12-8-9-6-4-7-10(15)14(9)18-12/h4,6-8,11,13H,3,5,16H2,1-2H3. The van der Waals surface area contributed by atoms with Crippen molar-refractivity contribution in [1.82, 2.24) is 0 Å². The second-order valence-electron chi connectivity index (χ2n) is 4.40. The SMILES string of the molecule is CCCC(OC)C(N)c1cc2cccc(F)c2o1. The molecule has 1 heterocycles. The van der Waals surface area contributed by atoms with Gasteiger partial charge in [-0.3, -0.25) is 0 Å². The maximum absolute atomic E-state index is 13.5. The molecule has 0 amide bonds. The molecule has 2 rings (SSSR count). The zero-order chi connectivity index (χ0) is 13.1. The Morgan fingerprint density at radius 1 is 1.44 bits per heavy atom. The molecule has 0 radical (unpaired) electrons. The van der Waals surface area contributed by atoms with Gasteiger partial charge >= 0.3 is 0 Å². The largest absolute Gasteiger partial charge is 0.456 e. The maximum Gasteiger partial charge on any atom is 0.169 e. The molecule has 2 N–H and O–H groups in total. The number of halogens is 1. The lowest BCUT2D eigenvalue weighted by molar-refractivity contribution is 0.0667. The number of para-hydroxylation sites is 1. The molecule has 0 aliphatic rings. The van der Waals surface area contributed by atoms with Crippen molar-refractivity contribution in [3.8, 4) is 0 Å². The molecule has 2 atom stereocenters. The highest BCUT2D eigenvalue weighted by molar-refractivity contribution is 5.78. The zero-order valence-corrected chi connectivity index (χ0v) is 10.7. The molecule has 2 unspecified atom stereocenters. The first-order valence-corrected chi connectivity index (χ1v) is 6.13. The van der Waals surface area contributed by atoms with E-state index in [0.29, 0.717) is 5.76 Å². The highest BCUT2D eigenvalue weighted by Gasteiger charge is 2.22. The lowest BCUT2D eigenvalue weighted by Crippen LogP contribution is -2.27. The first kappa shape index (κ1) is 13.1. The minimum atomic E-state index is -0.373. The van der Waals surface area contributed by atoms with Gasteiger partial charge in [-0.05, 0) is 18.6 Å². The number of methoxy groups -OCH3 is 1. The van der Waals surface area contributed by atoms with E-state index in [2.05, 4.69) is 6.92 Å². The van der Waals surface area contributed by atoms with E-state index >= 15 is 0 Å². The number of furan rings is 1. The van der Waals surface area contributed by atoms with Crippen LogP contribution in [0.2, 0.25) is 0 Å². The van der Waals surface area contributed by atoms with Crippen molar-refractivity contribution in [2.24, 2.45) is 5.73 Å². The van der Waals surface area contributed by atoms with Gasteiger partial charge in [-0.25, -0.2) is 4.39 Å². The molecule has 0 saturated carbocycles. The molecular weight excluding hydrogens is 233 g/mol. The number of hydrogen-bond acceptors (Lipinski definition) is 3. The van der Waals surface area contributed by atoms with Crippen LogP contribution in [0, 0.1) is 5.82 Å². The monoisotopic (exact) mass is 251 g/mol. The molecular formula is C14H18FNO2. The fourth-order valence-electron chi connectivity index (χ4n) is 2.12. The molecule has 0 bridgehead atoms. The van der Waals surface area contributed by atoms with E-state index in [1.54, 1.807) is 25.3 Å². The number of rotatable bonds is 5. The molecule has 4 heteroatoms. The number of nitrogens with two attached hydrogens (primary N) is 1. The number of benzene rings is 1. The van der Waals surface area contributed by atoms with Crippen LogP contribution in [0.4, 0.5) is 4.39 Å². The third-order valence-corrected chi connectivity index (χ3v) is 3.12. The lowest BCUT2D eigenvalue weighted by Gasteiger charge is -2.20. The summed E-state index contributed by atoms with van der Waals surface area (Å²) in [5, 5.41) is 0.729. The Hall–Kier alpha value is -1.39. The second-order valence-corrected chi connectivity index (χ2v) is 4.40. The van der Waals surface area contributed by atoms with Crippen molar-refractivity contribution >= 4 is 11.0 Å². The van der Waals surface area contributed by atoms with Gasteiger partial charge in [-0.2, -0.15) is 0 Å². The van der Waals surface area contributed by atoms with Crippen LogP contribution in [0.1, 0.15) is 31.6 Å². The minimum Gasteiger partial charge on any atom is -0.456 e. The number of ether oxygens (including phenoxy) is 1. The summed E-state index contributed by atoms with van der Waals surface area (Å²) in [5.74, 6) is 0.200. The van der Waals surface area contributed by atoms with E-state index < -0.39 is 0 Å². The summed E-state index contributed by atoms with van der Waals surface area (Å²) in [6.07, 6.45) is 1.71. The highest BCUT2D eigenvalue weighted by Crippen LogP contribution is 2.28. The Kier molecular flexibility index (Phi) is 3.99. The van der Waals surface area contributed by atoms with Gasteiger partial charge in [0.05, 0.1) is 12.1 Å². The van der Waals surface area contributed by atoms with Crippen LogP contribution < -0.4 is 5.73 Å². The second kappa shape index (κ2) is 5.50. The van der Waals surface area contributed by atoms with Crippen molar-refractivity contribution in [1.29, 1.82) is 0 Å². The van der Waals surface area contributed by atoms with E-state index in [4.69, 9.17) is 14.9 Å². The van der Waals surface area contributed by atoms with E-state index in [0.717, 1.165) is 18.2 Å². The third kappa shape index (κ3) is 2.40. The molecule has 2 aromatic rings. The molecule has 0 aliphatic heterocycles. The smallest absolute Gasteiger partial charge is 0.169 e. The summed E-state index contributed by atoms with van der Waals surface area (Å²) in [4.78, 5) is 0. The number of hydrogen-bond donors (Lipinski definition) is 1. The Balaban J connectivity index is 2.32. The molecule has 0 saturated heterocycles. The van der Waals surface area contributed by atoms with Gasteiger partial charge in [-0.1, -0.05) is 25.5 Å². The Labute approximate surface area is 106 Å². The van der Waals surface area contributed by atoms with Crippen LogP contribution in [0.25, 0.3) is 11.0 Å². The highest BCUT2D eigenvalue weighted by atomic mass is 19.1. The van der Waals surface area contributed by atoms with Crippen LogP contribution in [0.15, 0.2) is 28.7 Å². The molecule has 0 fully saturated rings. The normalized spacial score (nSPS) is 14.9. The van der Waals surface area contributed by atoms with Crippen molar-refractivity contribution in [3.05, 3.63) is 35.8 Å². The summed E-state index contributed by atoms with van der Waals surface area (Å²) < 4.78 is 24.4. The van der Waals surface area contributed by atoms with Crippen LogP contribution in [-0.4, -0.2) is 13.2 Å². The van der Waals surface area contributed by atoms with Gasteiger partial charge in [0.1, 0.15) is 5.76 Å². The van der Waals surface area contributed by atoms with E-state index in [1.165, 1.54) is 6.07 Å². The van der Waals surface area contributed by atoms with Gasteiger partial charge in [0.25, 0.3) is 0 Å². The molecule has 3 nitrogen and oxygen atoms in total. The summed E-state index contributed by atoms with van der Waals surface area (Å²) in [6.45, 7) is 2.07. The maximum atomic E-state index is 13.5. The van der Waals surface area contributed by atoms with Crippen molar-refractivity contribution < 1.29 is 13.5 Å². The van der Waals surface area contributed by atoms with Gasteiger partial charge in [0.15, 0.2) is 11.4 Å². The third-order valence-electron chi connectivity index (χ3n) is 3.12. The molecule has 1 aromatic carbocycles. The Morgan fingerprint density at radius 3 is 2.83 bits per heavy atom. The quantitative estimate of drug-likeness (QED) is 0.886. The fraction of sp³-hybridized carbons (Fsp3) is 0.429. The van der Waals surface area contributed by atoms with Crippen LogP contribution >= 0.6 is 0 Å².